The zero-order valence-corrected chi connectivity index (χ0v) is 17.7. The summed E-state index contributed by atoms with van der Waals surface area (Å²) in [7, 11) is 1.66. The molecule has 0 spiro atoms. The molecule has 0 radical (unpaired) electrons. The van der Waals surface area contributed by atoms with Gasteiger partial charge >= 0.3 is 0 Å². The number of aryl methyl sites for hydroxylation is 1. The van der Waals surface area contributed by atoms with Crippen molar-refractivity contribution in [3.63, 3.8) is 0 Å². The van der Waals surface area contributed by atoms with Gasteiger partial charge in [0.05, 0.1) is 31.9 Å². The molecule has 0 saturated carbocycles. The van der Waals surface area contributed by atoms with Crippen LogP contribution in [0.15, 0.2) is 60.8 Å². The normalized spacial score (nSPS) is 27.5. The second-order valence-corrected chi connectivity index (χ2v) is 8.46. The van der Waals surface area contributed by atoms with E-state index in [-0.39, 0.29) is 24.9 Å². The number of ether oxygens (including phenoxy) is 3. The third-order valence-electron chi connectivity index (χ3n) is 6.48. The molecule has 2 aromatic carbocycles. The number of aliphatic hydroxyl groups is 1. The lowest BCUT2D eigenvalue weighted by atomic mass is 9.88. The van der Waals surface area contributed by atoms with Crippen LogP contribution in [0.4, 0.5) is 0 Å². The zero-order chi connectivity index (χ0) is 21.3. The number of hydrogen-bond donors (Lipinski definition) is 2. The van der Waals surface area contributed by atoms with Crippen LogP contribution in [0.5, 0.6) is 5.75 Å². The Morgan fingerprint density at radius 2 is 2.03 bits per heavy atom. The number of benzene rings is 2. The first-order valence-electron chi connectivity index (χ1n) is 10.8. The molecule has 1 aromatic heterocycles. The van der Waals surface area contributed by atoms with E-state index in [1.807, 2.05) is 48.7 Å². The molecule has 4 atom stereocenters. The predicted molar refractivity (Wildman–Crippen MR) is 118 cm³/mol. The Bertz CT molecular complexity index is 1040. The molecule has 2 N–H and O–H groups in total. The number of rotatable bonds is 7. The van der Waals surface area contributed by atoms with Crippen molar-refractivity contribution in [2.45, 2.75) is 43.2 Å². The summed E-state index contributed by atoms with van der Waals surface area (Å²) in [4.78, 5) is 4.45. The standard InChI is InChI=1S/C25H28N2O4/c1-29-19-7-8-21-20(13-19)18(10-12-26-21)9-11-25(28)16-31-23-22(15-30-24(23)25)27-14-17-5-3-2-4-6-17/h2-8,10,12-13,22-24,27-28H,9,11,14-16H2,1H3/t22-,23+,24-,25+/m0/s1. The first kappa shape index (κ1) is 20.4. The topological polar surface area (TPSA) is 72.8 Å². The SMILES string of the molecule is COc1ccc2nccc(CC[C@@]3(O)CO[C@@H]4[C@@H](NCc5ccccc5)CO[C@@H]43)c2c1. The molecule has 0 bridgehead atoms. The van der Waals surface area contributed by atoms with Gasteiger partial charge in [0.15, 0.2) is 0 Å². The van der Waals surface area contributed by atoms with Crippen LogP contribution in [0.3, 0.4) is 0 Å². The van der Waals surface area contributed by atoms with E-state index in [2.05, 4.69) is 22.4 Å². The van der Waals surface area contributed by atoms with E-state index in [0.29, 0.717) is 19.4 Å². The van der Waals surface area contributed by atoms with E-state index >= 15 is 0 Å². The van der Waals surface area contributed by atoms with Crippen LogP contribution in [0.2, 0.25) is 0 Å². The number of fused-ring (bicyclic) bond motifs is 2. The van der Waals surface area contributed by atoms with Crippen molar-refractivity contribution in [2.24, 2.45) is 0 Å². The molecule has 6 nitrogen and oxygen atoms in total. The largest absolute Gasteiger partial charge is 0.497 e. The maximum absolute atomic E-state index is 11.4. The average molecular weight is 421 g/mol. The Labute approximate surface area is 182 Å². The van der Waals surface area contributed by atoms with Gasteiger partial charge in [-0.3, -0.25) is 4.98 Å². The van der Waals surface area contributed by atoms with Crippen molar-refractivity contribution in [3.8, 4) is 5.75 Å². The van der Waals surface area contributed by atoms with Crippen LogP contribution >= 0.6 is 0 Å². The summed E-state index contributed by atoms with van der Waals surface area (Å²) in [5.74, 6) is 0.802. The van der Waals surface area contributed by atoms with Gasteiger partial charge in [0.25, 0.3) is 0 Å². The minimum absolute atomic E-state index is 0.0743. The second kappa shape index (κ2) is 8.55. The summed E-state index contributed by atoms with van der Waals surface area (Å²) in [5, 5.41) is 16.0. The molecule has 5 rings (SSSR count). The molecule has 2 saturated heterocycles. The highest BCUT2D eigenvalue weighted by Gasteiger charge is 2.55. The highest BCUT2D eigenvalue weighted by atomic mass is 16.6. The molecule has 2 aliphatic heterocycles. The number of nitrogens with zero attached hydrogens (tertiary/aromatic N) is 1. The van der Waals surface area contributed by atoms with Gasteiger partial charge in [-0.05, 0) is 48.2 Å². The van der Waals surface area contributed by atoms with Crippen molar-refractivity contribution >= 4 is 10.9 Å². The van der Waals surface area contributed by atoms with Gasteiger partial charge < -0.3 is 24.6 Å². The van der Waals surface area contributed by atoms with Crippen LogP contribution in [0.25, 0.3) is 10.9 Å². The monoisotopic (exact) mass is 420 g/mol. The van der Waals surface area contributed by atoms with Crippen molar-refractivity contribution in [3.05, 3.63) is 71.9 Å². The molecule has 0 amide bonds. The van der Waals surface area contributed by atoms with Crippen molar-refractivity contribution in [2.75, 3.05) is 20.3 Å². The summed E-state index contributed by atoms with van der Waals surface area (Å²) >= 11 is 0. The molecular weight excluding hydrogens is 392 g/mol. The second-order valence-electron chi connectivity index (χ2n) is 8.46. The maximum atomic E-state index is 11.4. The lowest BCUT2D eigenvalue weighted by Crippen LogP contribution is -2.45. The molecule has 31 heavy (non-hydrogen) atoms. The molecule has 3 aromatic rings. The highest BCUT2D eigenvalue weighted by Crippen LogP contribution is 2.37. The maximum Gasteiger partial charge on any atom is 0.119 e. The van der Waals surface area contributed by atoms with E-state index in [4.69, 9.17) is 14.2 Å². The lowest BCUT2D eigenvalue weighted by molar-refractivity contribution is -0.0697. The number of hydrogen-bond acceptors (Lipinski definition) is 6. The predicted octanol–water partition coefficient (Wildman–Crippen LogP) is 2.86. The Morgan fingerprint density at radius 1 is 1.16 bits per heavy atom. The first-order chi connectivity index (χ1) is 15.2. The number of aromatic nitrogens is 1. The van der Waals surface area contributed by atoms with Crippen LogP contribution in [0.1, 0.15) is 17.5 Å². The summed E-state index contributed by atoms with van der Waals surface area (Å²) in [6, 6.07) is 18.2. The summed E-state index contributed by atoms with van der Waals surface area (Å²) < 4.78 is 17.4. The molecule has 3 heterocycles. The summed E-state index contributed by atoms with van der Waals surface area (Å²) in [6.45, 7) is 1.59. The minimum atomic E-state index is -0.998. The smallest absolute Gasteiger partial charge is 0.119 e. The van der Waals surface area contributed by atoms with E-state index in [1.165, 1.54) is 5.56 Å². The van der Waals surface area contributed by atoms with Gasteiger partial charge in [-0.2, -0.15) is 0 Å². The molecule has 162 valence electrons. The van der Waals surface area contributed by atoms with Gasteiger partial charge in [0.2, 0.25) is 0 Å². The van der Waals surface area contributed by atoms with Crippen molar-refractivity contribution in [1.82, 2.24) is 10.3 Å². The van der Waals surface area contributed by atoms with Crippen LogP contribution in [0, 0.1) is 0 Å². The van der Waals surface area contributed by atoms with Crippen molar-refractivity contribution in [1.29, 1.82) is 0 Å². The number of pyridine rings is 1. The molecule has 2 fully saturated rings. The Balaban J connectivity index is 1.25. The van der Waals surface area contributed by atoms with Crippen LogP contribution in [-0.4, -0.2) is 54.3 Å². The molecule has 0 unspecified atom stereocenters. The Morgan fingerprint density at radius 3 is 2.87 bits per heavy atom. The van der Waals surface area contributed by atoms with Crippen molar-refractivity contribution < 1.29 is 19.3 Å². The summed E-state index contributed by atoms with van der Waals surface area (Å²) in [5.41, 5.74) is 2.28. The van der Waals surface area contributed by atoms with Gasteiger partial charge in [-0.15, -0.1) is 0 Å². The fourth-order valence-corrected chi connectivity index (χ4v) is 4.71. The lowest BCUT2D eigenvalue weighted by Gasteiger charge is -2.27. The molecular formula is C25H28N2O4. The number of nitrogens with one attached hydrogen (secondary N) is 1. The zero-order valence-electron chi connectivity index (χ0n) is 17.7. The molecule has 2 aliphatic rings. The Hall–Kier alpha value is -2.51. The third kappa shape index (κ3) is 4.04. The first-order valence-corrected chi connectivity index (χ1v) is 10.8. The van der Waals surface area contributed by atoms with Gasteiger partial charge in [-0.25, -0.2) is 0 Å². The fourth-order valence-electron chi connectivity index (χ4n) is 4.71. The minimum Gasteiger partial charge on any atom is -0.497 e. The van der Waals surface area contributed by atoms with Gasteiger partial charge in [0, 0.05) is 18.1 Å². The van der Waals surface area contributed by atoms with Crippen LogP contribution in [-0.2, 0) is 22.4 Å². The van der Waals surface area contributed by atoms with E-state index in [9.17, 15) is 5.11 Å². The van der Waals surface area contributed by atoms with Gasteiger partial charge in [0.1, 0.15) is 23.6 Å². The van der Waals surface area contributed by atoms with E-state index < -0.39 is 5.60 Å². The summed E-state index contributed by atoms with van der Waals surface area (Å²) in [6.07, 6.45) is 2.64. The number of methoxy groups -OCH3 is 1. The van der Waals surface area contributed by atoms with E-state index in [0.717, 1.165) is 28.8 Å². The van der Waals surface area contributed by atoms with Gasteiger partial charge in [-0.1, -0.05) is 30.3 Å². The third-order valence-corrected chi connectivity index (χ3v) is 6.48. The van der Waals surface area contributed by atoms with E-state index in [1.54, 1.807) is 7.11 Å². The van der Waals surface area contributed by atoms with Crippen LogP contribution < -0.4 is 10.1 Å². The average Bonchev–Trinajstić information content (AvgIpc) is 3.38. The quantitative estimate of drug-likeness (QED) is 0.612. The highest BCUT2D eigenvalue weighted by molar-refractivity contribution is 5.83. The molecule has 6 heteroatoms. The Kier molecular flexibility index (Phi) is 5.63. The fraction of sp³-hybridized carbons (Fsp3) is 0.400. The molecule has 0 aliphatic carbocycles.